The molecule has 0 aromatic heterocycles. The normalized spacial score (nSPS) is 18.1. The highest BCUT2D eigenvalue weighted by molar-refractivity contribution is 5.75. The molecule has 5 rings (SSSR count). The molecule has 0 saturated heterocycles. The van der Waals surface area contributed by atoms with Gasteiger partial charge < -0.3 is 10.6 Å². The molecule has 6 bridgehead atoms. The van der Waals surface area contributed by atoms with Crippen molar-refractivity contribution in [3.63, 3.8) is 0 Å². The molecule has 0 radical (unpaired) electrons. The summed E-state index contributed by atoms with van der Waals surface area (Å²) in [4.78, 5) is 24.3. The van der Waals surface area contributed by atoms with Crippen molar-refractivity contribution in [2.75, 3.05) is 0 Å². The van der Waals surface area contributed by atoms with E-state index < -0.39 is 0 Å². The van der Waals surface area contributed by atoms with E-state index in [9.17, 15) is 9.59 Å². The molecule has 0 unspecified atom stereocenters. The molecule has 3 aromatic carbocycles. The van der Waals surface area contributed by atoms with Gasteiger partial charge in [0.25, 0.3) is 0 Å². The number of carbonyl (C=O) groups excluding carboxylic acids is 2. The van der Waals surface area contributed by atoms with Gasteiger partial charge in [-0.1, -0.05) is 72.8 Å². The zero-order chi connectivity index (χ0) is 22.5. The minimum Gasteiger partial charge on any atom is -0.347 e. The molecule has 164 valence electrons. The Bertz CT molecular complexity index is 1020. The van der Waals surface area contributed by atoms with Crippen LogP contribution in [-0.2, 0) is 35.3 Å². The van der Waals surface area contributed by atoms with Gasteiger partial charge in [0.1, 0.15) is 0 Å². The van der Waals surface area contributed by atoms with Crippen LogP contribution in [0.4, 0.5) is 0 Å². The molecule has 0 heterocycles. The SMILES string of the molecule is CC(=O)N[C@@H]1c2cccc(c2)CCc2ccc(cc2)CCc2cccc(c2)[C@@H]1NC(C)=O. The molecule has 2 N–H and O–H groups in total. The van der Waals surface area contributed by atoms with Crippen molar-refractivity contribution in [2.45, 2.75) is 51.6 Å². The maximum Gasteiger partial charge on any atom is 0.217 e. The lowest BCUT2D eigenvalue weighted by Crippen LogP contribution is -2.39. The van der Waals surface area contributed by atoms with Crippen LogP contribution >= 0.6 is 0 Å². The van der Waals surface area contributed by atoms with Crippen molar-refractivity contribution < 1.29 is 9.59 Å². The number of fused-ring (bicyclic) bond motifs is 5. The van der Waals surface area contributed by atoms with E-state index in [-0.39, 0.29) is 23.9 Å². The summed E-state index contributed by atoms with van der Waals surface area (Å²) in [7, 11) is 0. The average molecular weight is 427 g/mol. The first-order valence-electron chi connectivity index (χ1n) is 11.3. The number of rotatable bonds is 2. The van der Waals surface area contributed by atoms with Crippen molar-refractivity contribution in [3.05, 3.63) is 106 Å². The number of aryl methyl sites for hydroxylation is 4. The Morgan fingerprint density at radius 2 is 0.969 bits per heavy atom. The number of amides is 2. The van der Waals surface area contributed by atoms with Gasteiger partial charge >= 0.3 is 0 Å². The summed E-state index contributed by atoms with van der Waals surface area (Å²) in [5.41, 5.74) is 7.05. The quantitative estimate of drug-likeness (QED) is 0.628. The van der Waals surface area contributed by atoms with Crippen LogP contribution in [0.1, 0.15) is 59.3 Å². The molecule has 0 fully saturated rings. The van der Waals surface area contributed by atoms with Gasteiger partial charge in [-0.25, -0.2) is 0 Å². The summed E-state index contributed by atoms with van der Waals surface area (Å²) in [6, 6.07) is 24.9. The number of benzene rings is 3. The Balaban J connectivity index is 1.82. The predicted octanol–water partition coefficient (Wildman–Crippen LogP) is 4.63. The summed E-state index contributed by atoms with van der Waals surface area (Å²) in [5.74, 6) is -0.248. The highest BCUT2D eigenvalue weighted by atomic mass is 16.2. The molecule has 4 nitrogen and oxygen atoms in total. The first kappa shape index (κ1) is 21.8. The molecule has 2 amide bonds. The first-order valence-corrected chi connectivity index (χ1v) is 11.3. The average Bonchev–Trinajstić information content (AvgIpc) is 2.79. The van der Waals surface area contributed by atoms with Crippen LogP contribution in [0.5, 0.6) is 0 Å². The Labute approximate surface area is 190 Å². The lowest BCUT2D eigenvalue weighted by Gasteiger charge is -2.30. The van der Waals surface area contributed by atoms with E-state index in [0.29, 0.717) is 0 Å². The van der Waals surface area contributed by atoms with Crippen LogP contribution in [0.25, 0.3) is 0 Å². The Morgan fingerprint density at radius 1 is 0.594 bits per heavy atom. The van der Waals surface area contributed by atoms with E-state index in [0.717, 1.165) is 36.8 Å². The maximum absolute atomic E-state index is 12.2. The zero-order valence-electron chi connectivity index (χ0n) is 18.7. The lowest BCUT2D eigenvalue weighted by atomic mass is 9.89. The van der Waals surface area contributed by atoms with Crippen LogP contribution in [0.3, 0.4) is 0 Å². The van der Waals surface area contributed by atoms with Gasteiger partial charge in [0.2, 0.25) is 11.8 Å². The predicted molar refractivity (Wildman–Crippen MR) is 127 cm³/mol. The van der Waals surface area contributed by atoms with Gasteiger partial charge in [0.15, 0.2) is 0 Å². The van der Waals surface area contributed by atoms with E-state index >= 15 is 0 Å². The molecule has 0 spiro atoms. The molecule has 2 aliphatic rings. The highest BCUT2D eigenvalue weighted by Gasteiger charge is 2.27. The zero-order valence-corrected chi connectivity index (χ0v) is 18.7. The minimum absolute atomic E-state index is 0.124. The van der Waals surface area contributed by atoms with Crippen LogP contribution in [-0.4, -0.2) is 11.8 Å². The van der Waals surface area contributed by atoms with Crippen molar-refractivity contribution >= 4 is 11.8 Å². The summed E-state index contributed by atoms with van der Waals surface area (Å²) in [6.45, 7) is 3.04. The van der Waals surface area contributed by atoms with Gasteiger partial charge in [-0.3, -0.25) is 9.59 Å². The third-order valence-electron chi connectivity index (χ3n) is 6.10. The number of hydrogen-bond acceptors (Lipinski definition) is 2. The van der Waals surface area contributed by atoms with E-state index in [1.807, 2.05) is 24.3 Å². The van der Waals surface area contributed by atoms with E-state index in [1.54, 1.807) is 0 Å². The fourth-order valence-corrected chi connectivity index (χ4v) is 4.49. The topological polar surface area (TPSA) is 58.2 Å². The van der Waals surface area contributed by atoms with Crippen molar-refractivity contribution in [1.29, 1.82) is 0 Å². The third-order valence-corrected chi connectivity index (χ3v) is 6.10. The lowest BCUT2D eigenvalue weighted by molar-refractivity contribution is -0.122. The molecule has 2 aliphatic carbocycles. The number of nitrogens with one attached hydrogen (secondary N) is 2. The standard InChI is InChI=1S/C28H30N2O2/c1-19(31)29-27-25-7-3-5-23(17-25)15-13-21-9-11-22(12-10-21)14-16-24-6-4-8-26(18-24)28(27)30-20(2)32/h3-12,17-18,27-28H,13-16H2,1-2H3,(H,29,31)(H,30,32)/t27-,28+. The van der Waals surface area contributed by atoms with Crippen LogP contribution in [0, 0.1) is 0 Å². The van der Waals surface area contributed by atoms with Crippen molar-refractivity contribution in [3.8, 4) is 0 Å². The molecular weight excluding hydrogens is 396 g/mol. The Hall–Kier alpha value is -3.40. The van der Waals surface area contributed by atoms with Gasteiger partial charge in [0, 0.05) is 13.8 Å². The largest absolute Gasteiger partial charge is 0.347 e. The first-order chi connectivity index (χ1) is 15.5. The number of hydrogen-bond donors (Lipinski definition) is 2. The van der Waals surface area contributed by atoms with Crippen LogP contribution in [0.15, 0.2) is 72.8 Å². The fourth-order valence-electron chi connectivity index (χ4n) is 4.49. The van der Waals surface area contributed by atoms with Crippen molar-refractivity contribution in [1.82, 2.24) is 10.6 Å². The summed E-state index contributed by atoms with van der Waals surface area (Å²) < 4.78 is 0. The van der Waals surface area contributed by atoms with Gasteiger partial charge in [-0.15, -0.1) is 0 Å². The van der Waals surface area contributed by atoms with Crippen LogP contribution < -0.4 is 10.6 Å². The summed E-state index contributed by atoms with van der Waals surface area (Å²) in [6.07, 6.45) is 3.76. The van der Waals surface area contributed by atoms with E-state index in [4.69, 9.17) is 0 Å². The van der Waals surface area contributed by atoms with Gasteiger partial charge in [-0.05, 0) is 59.1 Å². The molecule has 4 heteroatoms. The summed E-state index contributed by atoms with van der Waals surface area (Å²) in [5, 5.41) is 6.20. The van der Waals surface area contributed by atoms with Gasteiger partial charge in [0.05, 0.1) is 12.1 Å². The highest BCUT2D eigenvalue weighted by Crippen LogP contribution is 2.31. The van der Waals surface area contributed by atoms with Crippen molar-refractivity contribution in [2.24, 2.45) is 0 Å². The second-order valence-corrected chi connectivity index (χ2v) is 8.66. The third kappa shape index (κ3) is 5.44. The fraction of sp³-hybridized carbons (Fsp3) is 0.286. The van der Waals surface area contributed by atoms with E-state index in [1.165, 1.54) is 36.1 Å². The van der Waals surface area contributed by atoms with E-state index in [2.05, 4.69) is 59.2 Å². The Kier molecular flexibility index (Phi) is 6.69. The van der Waals surface area contributed by atoms with Crippen LogP contribution in [0.2, 0.25) is 0 Å². The smallest absolute Gasteiger partial charge is 0.217 e. The Morgan fingerprint density at radius 3 is 1.34 bits per heavy atom. The van der Waals surface area contributed by atoms with Gasteiger partial charge in [-0.2, -0.15) is 0 Å². The molecule has 2 atom stereocenters. The summed E-state index contributed by atoms with van der Waals surface area (Å²) >= 11 is 0. The molecule has 0 aliphatic heterocycles. The molecule has 32 heavy (non-hydrogen) atoms. The molecule has 0 saturated carbocycles. The minimum atomic E-state index is -0.363. The second kappa shape index (κ2) is 9.82. The molecule has 3 aromatic rings. The second-order valence-electron chi connectivity index (χ2n) is 8.66. The number of carbonyl (C=O) groups is 2. The molecular formula is C28H30N2O2. The monoisotopic (exact) mass is 426 g/mol. The maximum atomic E-state index is 12.2.